The number of rotatable bonds is 7. The molecule has 0 aliphatic heterocycles. The molecule has 0 unspecified atom stereocenters. The van der Waals surface area contributed by atoms with Gasteiger partial charge in [-0.15, -0.1) is 13.2 Å². The van der Waals surface area contributed by atoms with E-state index in [1.165, 1.54) is 18.2 Å². The Morgan fingerprint density at radius 1 is 1.30 bits per heavy atom. The van der Waals surface area contributed by atoms with Gasteiger partial charge in [0, 0.05) is 25.1 Å². The third kappa shape index (κ3) is 6.42. The maximum atomic E-state index is 12.2. The Morgan fingerprint density at radius 3 is 2.65 bits per heavy atom. The summed E-state index contributed by atoms with van der Waals surface area (Å²) in [5, 5.41) is 5.54. The van der Waals surface area contributed by atoms with E-state index in [1.54, 1.807) is 6.07 Å². The van der Waals surface area contributed by atoms with Crippen LogP contribution in [0.2, 0.25) is 0 Å². The summed E-state index contributed by atoms with van der Waals surface area (Å²) in [6.07, 6.45) is -4.47. The highest BCUT2D eigenvalue weighted by Crippen LogP contribution is 2.25. The van der Waals surface area contributed by atoms with Gasteiger partial charge in [-0.25, -0.2) is 0 Å². The van der Waals surface area contributed by atoms with Crippen molar-refractivity contribution < 1.29 is 22.7 Å². The first-order valence-corrected chi connectivity index (χ1v) is 6.23. The molecule has 0 bridgehead atoms. The van der Waals surface area contributed by atoms with Crippen LogP contribution in [0.25, 0.3) is 0 Å². The lowest BCUT2D eigenvalue weighted by Crippen LogP contribution is -2.27. The molecule has 0 atom stereocenters. The first-order valence-electron chi connectivity index (χ1n) is 6.23. The van der Waals surface area contributed by atoms with E-state index in [2.05, 4.69) is 15.4 Å². The molecule has 0 saturated heterocycles. The molecule has 0 aliphatic rings. The summed E-state index contributed by atoms with van der Waals surface area (Å²) in [5.41, 5.74) is 0.279. The molecule has 0 aromatic heterocycles. The molecule has 4 nitrogen and oxygen atoms in total. The molecule has 0 heterocycles. The summed E-state index contributed by atoms with van der Waals surface area (Å²) < 4.78 is 40.5. The highest BCUT2D eigenvalue weighted by atomic mass is 19.4. The number of hydrogen-bond acceptors (Lipinski definition) is 3. The Morgan fingerprint density at radius 2 is 2.00 bits per heavy atom. The molecule has 0 spiro atoms. The second-order valence-corrected chi connectivity index (χ2v) is 4.04. The molecule has 7 heteroatoms. The molecule has 2 N–H and O–H groups in total. The number of halogens is 3. The standard InChI is InChI=1S/C13H17F3N2O2/c1-2-17-8-7-12(19)18-9-10-5-3-4-6-11(10)20-13(14,15)16/h3-6,17H,2,7-9H2,1H3,(H,18,19). The minimum atomic E-state index is -4.74. The predicted molar refractivity (Wildman–Crippen MR) is 68.1 cm³/mol. The number of carbonyl (C=O) groups excluding carboxylic acids is 1. The zero-order valence-corrected chi connectivity index (χ0v) is 11.1. The minimum Gasteiger partial charge on any atom is -0.405 e. The highest BCUT2D eigenvalue weighted by molar-refractivity contribution is 5.76. The van der Waals surface area contributed by atoms with Crippen molar-refractivity contribution in [3.8, 4) is 5.75 Å². The van der Waals surface area contributed by atoms with Crippen LogP contribution < -0.4 is 15.4 Å². The molecule has 0 fully saturated rings. The normalized spacial score (nSPS) is 11.2. The Bertz CT molecular complexity index is 436. The van der Waals surface area contributed by atoms with Crippen LogP contribution in [0, 0.1) is 0 Å². The summed E-state index contributed by atoms with van der Waals surface area (Å²) in [7, 11) is 0. The number of nitrogens with one attached hydrogen (secondary N) is 2. The number of ether oxygens (including phenoxy) is 1. The molecule has 1 rings (SSSR count). The fraction of sp³-hybridized carbons (Fsp3) is 0.462. The molecule has 1 aromatic carbocycles. The number of carbonyl (C=O) groups is 1. The van der Waals surface area contributed by atoms with Crippen molar-refractivity contribution in [1.82, 2.24) is 10.6 Å². The first kappa shape index (κ1) is 16.3. The number of amides is 1. The third-order valence-corrected chi connectivity index (χ3v) is 2.45. The van der Waals surface area contributed by atoms with Crippen LogP contribution in [-0.2, 0) is 11.3 Å². The van der Waals surface area contributed by atoms with E-state index in [-0.39, 0.29) is 30.2 Å². The van der Waals surface area contributed by atoms with E-state index < -0.39 is 6.36 Å². The van der Waals surface area contributed by atoms with E-state index in [9.17, 15) is 18.0 Å². The summed E-state index contributed by atoms with van der Waals surface area (Å²) in [5.74, 6) is -0.528. The molecule has 0 aliphatic carbocycles. The van der Waals surface area contributed by atoms with Crippen molar-refractivity contribution in [3.05, 3.63) is 29.8 Å². The van der Waals surface area contributed by atoms with Gasteiger partial charge >= 0.3 is 6.36 Å². The quantitative estimate of drug-likeness (QED) is 0.757. The van der Waals surface area contributed by atoms with Gasteiger partial charge in [-0.3, -0.25) is 4.79 Å². The zero-order chi connectivity index (χ0) is 15.0. The first-order chi connectivity index (χ1) is 9.42. The van der Waals surface area contributed by atoms with Gasteiger partial charge in [0.2, 0.25) is 5.91 Å². The van der Waals surface area contributed by atoms with Crippen molar-refractivity contribution in [3.63, 3.8) is 0 Å². The molecule has 0 radical (unpaired) electrons. The molecule has 112 valence electrons. The number of alkyl halides is 3. The van der Waals surface area contributed by atoms with Gasteiger partial charge in [-0.05, 0) is 12.6 Å². The van der Waals surface area contributed by atoms with Gasteiger partial charge in [0.25, 0.3) is 0 Å². The van der Waals surface area contributed by atoms with Gasteiger partial charge in [0.1, 0.15) is 5.75 Å². The number of benzene rings is 1. The van der Waals surface area contributed by atoms with Gasteiger partial charge in [-0.1, -0.05) is 25.1 Å². The van der Waals surface area contributed by atoms with Gasteiger partial charge in [0.15, 0.2) is 0 Å². The Hall–Kier alpha value is -1.76. The second kappa shape index (κ2) is 7.74. The van der Waals surface area contributed by atoms with E-state index in [0.717, 1.165) is 6.54 Å². The van der Waals surface area contributed by atoms with Crippen LogP contribution >= 0.6 is 0 Å². The highest BCUT2D eigenvalue weighted by Gasteiger charge is 2.31. The van der Waals surface area contributed by atoms with Crippen molar-refractivity contribution in [2.24, 2.45) is 0 Å². The van der Waals surface area contributed by atoms with Crippen LogP contribution in [0.5, 0.6) is 5.75 Å². The van der Waals surface area contributed by atoms with Gasteiger partial charge in [0.05, 0.1) is 0 Å². The van der Waals surface area contributed by atoms with E-state index in [1.807, 2.05) is 6.92 Å². The molecule has 20 heavy (non-hydrogen) atoms. The summed E-state index contributed by atoms with van der Waals surface area (Å²) in [4.78, 5) is 11.5. The predicted octanol–water partition coefficient (Wildman–Crippen LogP) is 2.20. The van der Waals surface area contributed by atoms with Crippen LogP contribution in [0.3, 0.4) is 0 Å². The van der Waals surface area contributed by atoms with Crippen molar-refractivity contribution in [2.45, 2.75) is 26.3 Å². The Kier molecular flexibility index (Phi) is 6.30. The maximum Gasteiger partial charge on any atom is 0.573 e. The summed E-state index contributed by atoms with van der Waals surface area (Å²) >= 11 is 0. The smallest absolute Gasteiger partial charge is 0.405 e. The van der Waals surface area contributed by atoms with Crippen molar-refractivity contribution in [1.29, 1.82) is 0 Å². The Labute approximate surface area is 115 Å². The lowest BCUT2D eigenvalue weighted by atomic mass is 10.2. The number of hydrogen-bond donors (Lipinski definition) is 2. The summed E-state index contributed by atoms with van der Waals surface area (Å²) in [6.45, 7) is 3.21. The van der Waals surface area contributed by atoms with Crippen LogP contribution in [-0.4, -0.2) is 25.4 Å². The van der Waals surface area contributed by atoms with Gasteiger partial charge < -0.3 is 15.4 Å². The van der Waals surface area contributed by atoms with Crippen molar-refractivity contribution in [2.75, 3.05) is 13.1 Å². The van der Waals surface area contributed by atoms with Gasteiger partial charge in [-0.2, -0.15) is 0 Å². The van der Waals surface area contributed by atoms with Crippen LogP contribution in [0.15, 0.2) is 24.3 Å². The lowest BCUT2D eigenvalue weighted by molar-refractivity contribution is -0.274. The average molecular weight is 290 g/mol. The topological polar surface area (TPSA) is 50.4 Å². The SMILES string of the molecule is CCNCCC(=O)NCc1ccccc1OC(F)(F)F. The maximum absolute atomic E-state index is 12.2. The lowest BCUT2D eigenvalue weighted by Gasteiger charge is -2.13. The van der Waals surface area contributed by atoms with Crippen LogP contribution in [0.4, 0.5) is 13.2 Å². The molecular formula is C13H17F3N2O2. The van der Waals surface area contributed by atoms with Crippen LogP contribution in [0.1, 0.15) is 18.9 Å². The molecule has 0 saturated carbocycles. The minimum absolute atomic E-state index is 0.00277. The molecule has 1 amide bonds. The fourth-order valence-corrected chi connectivity index (χ4v) is 1.54. The number of para-hydroxylation sites is 1. The van der Waals surface area contributed by atoms with E-state index >= 15 is 0 Å². The molecule has 1 aromatic rings. The Balaban J connectivity index is 2.53. The summed E-state index contributed by atoms with van der Waals surface area (Å²) in [6, 6.07) is 5.72. The van der Waals surface area contributed by atoms with E-state index in [4.69, 9.17) is 0 Å². The fourth-order valence-electron chi connectivity index (χ4n) is 1.54. The third-order valence-electron chi connectivity index (χ3n) is 2.45. The van der Waals surface area contributed by atoms with Crippen molar-refractivity contribution >= 4 is 5.91 Å². The zero-order valence-electron chi connectivity index (χ0n) is 11.1. The van der Waals surface area contributed by atoms with E-state index in [0.29, 0.717) is 6.54 Å². The second-order valence-electron chi connectivity index (χ2n) is 4.04. The largest absolute Gasteiger partial charge is 0.573 e. The average Bonchev–Trinajstić information content (AvgIpc) is 2.36. The molecular weight excluding hydrogens is 273 g/mol. The monoisotopic (exact) mass is 290 g/mol.